The Morgan fingerprint density at radius 2 is 2.35 bits per heavy atom. The van der Waals surface area contributed by atoms with Crippen LogP contribution in [-0.2, 0) is 4.79 Å². The zero-order chi connectivity index (χ0) is 18.1. The monoisotopic (exact) mass is 354 g/mol. The number of anilines is 1. The molecule has 0 aliphatic carbocycles. The number of nitrogens with one attached hydrogen (secondary N) is 1. The first kappa shape index (κ1) is 17.0. The molecule has 2 fully saturated rings. The van der Waals surface area contributed by atoms with Gasteiger partial charge in [0.1, 0.15) is 17.8 Å². The van der Waals surface area contributed by atoms with E-state index < -0.39 is 0 Å². The van der Waals surface area contributed by atoms with Crippen molar-refractivity contribution in [1.29, 1.82) is 0 Å². The zero-order valence-corrected chi connectivity index (χ0v) is 15.3. The molecule has 2 aromatic heterocycles. The van der Waals surface area contributed by atoms with Gasteiger partial charge in [0.05, 0.1) is 10.9 Å². The molecule has 0 saturated carbocycles. The average molecular weight is 354 g/mol. The molecule has 1 amide bonds. The lowest BCUT2D eigenvalue weighted by molar-refractivity contribution is -0.136. The molecular weight excluding hydrogens is 328 g/mol. The number of aromatic amines is 1. The second-order valence-electron chi connectivity index (χ2n) is 7.50. The molecule has 0 bridgehead atoms. The van der Waals surface area contributed by atoms with Crippen LogP contribution in [0.15, 0.2) is 23.6 Å². The number of hydrogen-bond donors (Lipinski definition) is 1. The Balaban J connectivity index is 1.64. The number of carbonyl (C=O) groups excluding carboxylic acids is 1. The van der Waals surface area contributed by atoms with E-state index in [9.17, 15) is 4.79 Å². The number of piperidine rings is 1. The van der Waals surface area contributed by atoms with Crippen molar-refractivity contribution in [3.63, 3.8) is 0 Å². The van der Waals surface area contributed by atoms with Crippen LogP contribution >= 0.6 is 0 Å². The van der Waals surface area contributed by atoms with Gasteiger partial charge in [-0.05, 0) is 38.0 Å². The van der Waals surface area contributed by atoms with Gasteiger partial charge in [0.2, 0.25) is 5.91 Å². The van der Waals surface area contributed by atoms with Crippen LogP contribution in [0, 0.1) is 5.92 Å². The predicted octanol–water partition coefficient (Wildman–Crippen LogP) is 2.26. The van der Waals surface area contributed by atoms with Crippen LogP contribution in [0.2, 0.25) is 0 Å². The van der Waals surface area contributed by atoms with Crippen molar-refractivity contribution in [3.05, 3.63) is 18.6 Å². The van der Waals surface area contributed by atoms with Gasteiger partial charge in [-0.3, -0.25) is 4.79 Å². The van der Waals surface area contributed by atoms with E-state index in [1.165, 1.54) is 0 Å². The number of hydrogen-bond acceptors (Lipinski definition) is 5. The van der Waals surface area contributed by atoms with Gasteiger partial charge in [0.15, 0.2) is 0 Å². The predicted molar refractivity (Wildman–Crippen MR) is 103 cm³/mol. The van der Waals surface area contributed by atoms with Crippen molar-refractivity contribution >= 4 is 29.5 Å². The van der Waals surface area contributed by atoms with Crippen molar-refractivity contribution in [2.24, 2.45) is 10.9 Å². The van der Waals surface area contributed by atoms with Gasteiger partial charge in [-0.15, -0.1) is 0 Å². The Morgan fingerprint density at radius 1 is 1.46 bits per heavy atom. The van der Waals surface area contributed by atoms with Crippen LogP contribution in [0.5, 0.6) is 0 Å². The summed E-state index contributed by atoms with van der Waals surface area (Å²) in [6, 6.07) is 2.03. The second-order valence-corrected chi connectivity index (χ2v) is 7.50. The van der Waals surface area contributed by atoms with E-state index in [0.29, 0.717) is 18.9 Å². The summed E-state index contributed by atoms with van der Waals surface area (Å²) in [6.07, 6.45) is 7.14. The fourth-order valence-corrected chi connectivity index (χ4v) is 4.74. The Labute approximate surface area is 153 Å². The molecule has 0 radical (unpaired) electrons. The molecule has 4 rings (SSSR count). The summed E-state index contributed by atoms with van der Waals surface area (Å²) in [5, 5.41) is 1.05. The Hall–Kier alpha value is -2.44. The first-order valence-corrected chi connectivity index (χ1v) is 9.42. The van der Waals surface area contributed by atoms with E-state index in [2.05, 4.69) is 43.4 Å². The van der Waals surface area contributed by atoms with Crippen molar-refractivity contribution in [3.8, 4) is 0 Å². The highest BCUT2D eigenvalue weighted by Crippen LogP contribution is 2.43. The number of carbonyl (C=O) groups is 1. The van der Waals surface area contributed by atoms with Gasteiger partial charge in [-0.1, -0.05) is 6.92 Å². The van der Waals surface area contributed by atoms with Crippen LogP contribution in [0.3, 0.4) is 0 Å². The zero-order valence-electron chi connectivity index (χ0n) is 15.3. The minimum atomic E-state index is -0.107. The lowest BCUT2D eigenvalue weighted by atomic mass is 9.79. The lowest BCUT2D eigenvalue weighted by Crippen LogP contribution is -2.60. The molecule has 1 spiro atoms. The van der Waals surface area contributed by atoms with Crippen LogP contribution < -0.4 is 4.90 Å². The first-order chi connectivity index (χ1) is 12.7. The molecule has 26 heavy (non-hydrogen) atoms. The average Bonchev–Trinajstić information content (AvgIpc) is 3.25. The number of fused-ring (bicyclic) bond motifs is 1. The van der Waals surface area contributed by atoms with E-state index in [1.54, 1.807) is 6.33 Å². The topological polar surface area (TPSA) is 77.5 Å². The number of aliphatic imine (C=N–C) groups is 1. The SMILES string of the molecule is C=NCCC(=O)N1CCC(C)C12CCCN(c1ncnc3[nH]ccc13)C2. The summed E-state index contributed by atoms with van der Waals surface area (Å²) >= 11 is 0. The highest BCUT2D eigenvalue weighted by molar-refractivity contribution is 5.87. The van der Waals surface area contributed by atoms with E-state index in [1.807, 2.05) is 12.3 Å². The van der Waals surface area contributed by atoms with E-state index >= 15 is 0 Å². The molecule has 2 aliphatic rings. The van der Waals surface area contributed by atoms with Crippen molar-refractivity contribution in [1.82, 2.24) is 19.9 Å². The maximum atomic E-state index is 12.8. The summed E-state index contributed by atoms with van der Waals surface area (Å²) in [5.41, 5.74) is 0.753. The molecule has 4 heterocycles. The number of H-pyrrole nitrogens is 1. The standard InChI is InChI=1S/C19H26N6O/c1-14-6-11-25(16(26)5-8-20-2)19(14)7-3-10-24(12-19)18-15-4-9-21-17(15)22-13-23-18/h4,9,13-14H,2-3,5-8,10-12H2,1H3,(H,21,22,23). The van der Waals surface area contributed by atoms with Crippen LogP contribution in [0.4, 0.5) is 5.82 Å². The highest BCUT2D eigenvalue weighted by atomic mass is 16.2. The summed E-state index contributed by atoms with van der Waals surface area (Å²) in [5.74, 6) is 1.65. The number of aromatic nitrogens is 3. The van der Waals surface area contributed by atoms with Crippen molar-refractivity contribution in [2.45, 2.75) is 38.1 Å². The van der Waals surface area contributed by atoms with Gasteiger partial charge in [0, 0.05) is 38.8 Å². The van der Waals surface area contributed by atoms with E-state index in [0.717, 1.165) is 55.7 Å². The normalized spacial score (nSPS) is 26.0. The molecular formula is C19H26N6O. The van der Waals surface area contributed by atoms with Crippen LogP contribution in [0.1, 0.15) is 32.6 Å². The third-order valence-corrected chi connectivity index (χ3v) is 6.16. The molecule has 2 aliphatic heterocycles. The molecule has 2 unspecified atom stereocenters. The lowest BCUT2D eigenvalue weighted by Gasteiger charge is -2.48. The minimum absolute atomic E-state index is 0.107. The van der Waals surface area contributed by atoms with Gasteiger partial charge in [0.25, 0.3) is 0 Å². The fourth-order valence-electron chi connectivity index (χ4n) is 4.74. The fraction of sp³-hybridized carbons (Fsp3) is 0.579. The molecule has 2 atom stereocenters. The highest BCUT2D eigenvalue weighted by Gasteiger charge is 2.50. The summed E-state index contributed by atoms with van der Waals surface area (Å²) in [7, 11) is 0. The maximum Gasteiger partial charge on any atom is 0.224 e. The molecule has 1 N–H and O–H groups in total. The number of likely N-dealkylation sites (tertiary alicyclic amines) is 1. The van der Waals surface area contributed by atoms with Gasteiger partial charge < -0.3 is 19.8 Å². The van der Waals surface area contributed by atoms with Crippen molar-refractivity contribution in [2.75, 3.05) is 31.1 Å². The quantitative estimate of drug-likeness (QED) is 0.855. The molecule has 7 nitrogen and oxygen atoms in total. The summed E-state index contributed by atoms with van der Waals surface area (Å²) < 4.78 is 0. The number of rotatable bonds is 4. The second kappa shape index (κ2) is 6.70. The molecule has 2 aromatic rings. The molecule has 2 saturated heterocycles. The first-order valence-electron chi connectivity index (χ1n) is 9.42. The third kappa shape index (κ3) is 2.66. The van der Waals surface area contributed by atoms with E-state index in [4.69, 9.17) is 0 Å². The minimum Gasteiger partial charge on any atom is -0.354 e. The molecule has 7 heteroatoms. The third-order valence-electron chi connectivity index (χ3n) is 6.16. The number of nitrogens with zero attached hydrogens (tertiary/aromatic N) is 5. The largest absolute Gasteiger partial charge is 0.354 e. The Morgan fingerprint density at radius 3 is 3.19 bits per heavy atom. The van der Waals surface area contributed by atoms with Gasteiger partial charge in [-0.2, -0.15) is 0 Å². The summed E-state index contributed by atoms with van der Waals surface area (Å²) in [4.78, 5) is 33.2. The van der Waals surface area contributed by atoms with Crippen LogP contribution in [-0.4, -0.2) is 64.2 Å². The number of amides is 1. The summed E-state index contributed by atoms with van der Waals surface area (Å²) in [6.45, 7) is 8.93. The van der Waals surface area contributed by atoms with Crippen molar-refractivity contribution < 1.29 is 4.79 Å². The molecule has 138 valence electrons. The van der Waals surface area contributed by atoms with Crippen LogP contribution in [0.25, 0.3) is 11.0 Å². The maximum absolute atomic E-state index is 12.8. The van der Waals surface area contributed by atoms with Gasteiger partial charge in [-0.25, -0.2) is 9.97 Å². The Kier molecular flexibility index (Phi) is 4.38. The van der Waals surface area contributed by atoms with Gasteiger partial charge >= 0.3 is 0 Å². The molecule has 0 aromatic carbocycles. The smallest absolute Gasteiger partial charge is 0.224 e. The Bertz CT molecular complexity index is 817. The van der Waals surface area contributed by atoms with E-state index in [-0.39, 0.29) is 11.4 Å².